The summed E-state index contributed by atoms with van der Waals surface area (Å²) in [5, 5.41) is 19.3. The molecule has 3 heterocycles. The zero-order chi connectivity index (χ0) is 21.5. The molecule has 13 heteroatoms. The zero-order valence-electron chi connectivity index (χ0n) is 16.5. The largest absolute Gasteiger partial charge is 0.352 e. The first-order valence-corrected chi connectivity index (χ1v) is 10.8. The summed E-state index contributed by atoms with van der Waals surface area (Å²) in [4.78, 5) is 20.9. The number of nitro groups is 1. The van der Waals surface area contributed by atoms with Crippen molar-refractivity contribution in [2.75, 3.05) is 31.1 Å². The number of nitro benzene ring substituents is 1. The van der Waals surface area contributed by atoms with Gasteiger partial charge in [-0.1, -0.05) is 11.3 Å². The van der Waals surface area contributed by atoms with Gasteiger partial charge in [0.15, 0.2) is 17.0 Å². The first-order valence-electron chi connectivity index (χ1n) is 9.37. The number of rotatable bonds is 5. The summed E-state index contributed by atoms with van der Waals surface area (Å²) >= 11 is 0. The van der Waals surface area contributed by atoms with Gasteiger partial charge in [-0.05, 0) is 19.4 Å². The third-order valence-corrected chi connectivity index (χ3v) is 7.16. The highest BCUT2D eigenvalue weighted by molar-refractivity contribution is 7.89. The first kappa shape index (κ1) is 20.1. The van der Waals surface area contributed by atoms with E-state index in [0.29, 0.717) is 42.2 Å². The van der Waals surface area contributed by atoms with Gasteiger partial charge in [-0.15, -0.1) is 5.10 Å². The maximum absolute atomic E-state index is 13.1. The molecule has 0 aliphatic carbocycles. The van der Waals surface area contributed by atoms with Crippen LogP contribution in [0.15, 0.2) is 29.4 Å². The highest BCUT2D eigenvalue weighted by Gasteiger charge is 2.32. The molecule has 30 heavy (non-hydrogen) atoms. The van der Waals surface area contributed by atoms with E-state index in [1.807, 2.05) is 11.8 Å². The van der Waals surface area contributed by atoms with E-state index in [9.17, 15) is 18.5 Å². The van der Waals surface area contributed by atoms with Gasteiger partial charge in [-0.25, -0.2) is 23.1 Å². The molecular weight excluding hydrogens is 412 g/mol. The summed E-state index contributed by atoms with van der Waals surface area (Å²) in [6.07, 6.45) is 1.45. The number of non-ortho nitro benzene ring substituents is 1. The van der Waals surface area contributed by atoms with Gasteiger partial charge in [0.2, 0.25) is 10.0 Å². The third kappa shape index (κ3) is 3.35. The Morgan fingerprint density at radius 3 is 2.57 bits per heavy atom. The van der Waals surface area contributed by atoms with Crippen LogP contribution in [0.3, 0.4) is 0 Å². The van der Waals surface area contributed by atoms with E-state index >= 15 is 0 Å². The molecular formula is C17H20N8O4S. The van der Waals surface area contributed by atoms with Crippen molar-refractivity contribution in [1.82, 2.24) is 29.3 Å². The van der Waals surface area contributed by atoms with Crippen LogP contribution >= 0.6 is 0 Å². The SMILES string of the molecule is CCn1nnc2c(N3CCN(S(=O)(=O)c4cc([N+](=O)[O-])ccc4C)CC3)ncnc21. The van der Waals surface area contributed by atoms with E-state index < -0.39 is 14.9 Å². The standard InChI is InChI=1S/C17H20N8O4S/c1-3-24-17-15(20-21-24)16(18-11-19-17)22-6-8-23(9-7-22)30(28,29)14-10-13(25(26)27)5-4-12(14)2/h4-5,10-11H,3,6-9H2,1-2H3. The normalized spacial score (nSPS) is 15.6. The van der Waals surface area contributed by atoms with Crippen molar-refractivity contribution in [1.29, 1.82) is 0 Å². The monoisotopic (exact) mass is 432 g/mol. The van der Waals surface area contributed by atoms with Crippen LogP contribution in [0.5, 0.6) is 0 Å². The number of fused-ring (bicyclic) bond motifs is 1. The molecule has 3 aromatic rings. The number of aromatic nitrogens is 5. The maximum Gasteiger partial charge on any atom is 0.270 e. The van der Waals surface area contributed by atoms with E-state index in [1.54, 1.807) is 11.6 Å². The number of hydrogen-bond acceptors (Lipinski definition) is 9. The van der Waals surface area contributed by atoms with Crippen LogP contribution in [0.25, 0.3) is 11.2 Å². The number of hydrogen-bond donors (Lipinski definition) is 0. The quantitative estimate of drug-likeness (QED) is 0.426. The molecule has 0 amide bonds. The van der Waals surface area contributed by atoms with Crippen molar-refractivity contribution in [2.24, 2.45) is 0 Å². The Kier molecular flexibility index (Phi) is 5.07. The van der Waals surface area contributed by atoms with Gasteiger partial charge in [0.05, 0.1) is 9.82 Å². The fraction of sp³-hybridized carbons (Fsp3) is 0.412. The van der Waals surface area contributed by atoms with Crippen molar-refractivity contribution in [3.63, 3.8) is 0 Å². The van der Waals surface area contributed by atoms with Crippen molar-refractivity contribution in [3.05, 3.63) is 40.2 Å². The molecule has 0 atom stereocenters. The number of benzene rings is 1. The van der Waals surface area contributed by atoms with Gasteiger partial charge < -0.3 is 4.90 Å². The van der Waals surface area contributed by atoms with Crippen LogP contribution in [0.1, 0.15) is 12.5 Å². The second kappa shape index (κ2) is 7.57. The minimum atomic E-state index is -3.86. The topological polar surface area (TPSA) is 140 Å². The molecule has 0 bridgehead atoms. The average molecular weight is 432 g/mol. The van der Waals surface area contributed by atoms with Crippen molar-refractivity contribution in [2.45, 2.75) is 25.3 Å². The third-order valence-electron chi connectivity index (χ3n) is 5.12. The first-order chi connectivity index (χ1) is 14.3. The molecule has 0 radical (unpaired) electrons. The predicted molar refractivity (Wildman–Crippen MR) is 108 cm³/mol. The lowest BCUT2D eigenvalue weighted by atomic mass is 10.2. The molecule has 0 saturated carbocycles. The average Bonchev–Trinajstić information content (AvgIpc) is 3.17. The fourth-order valence-corrected chi connectivity index (χ4v) is 5.15. The maximum atomic E-state index is 13.1. The van der Waals surface area contributed by atoms with Crippen molar-refractivity contribution >= 4 is 32.7 Å². The Hall–Kier alpha value is -3.19. The summed E-state index contributed by atoms with van der Waals surface area (Å²) in [6.45, 7) is 5.44. The van der Waals surface area contributed by atoms with E-state index in [2.05, 4.69) is 20.3 Å². The van der Waals surface area contributed by atoms with Crippen LogP contribution in [-0.2, 0) is 16.6 Å². The summed E-state index contributed by atoms with van der Waals surface area (Å²) in [7, 11) is -3.86. The predicted octanol–water partition coefficient (Wildman–Crippen LogP) is 0.969. The van der Waals surface area contributed by atoms with Crippen molar-refractivity contribution in [3.8, 4) is 0 Å². The van der Waals surface area contributed by atoms with Crippen LogP contribution in [0.2, 0.25) is 0 Å². The summed E-state index contributed by atoms with van der Waals surface area (Å²) < 4.78 is 29.2. The van der Waals surface area contributed by atoms with Crippen molar-refractivity contribution < 1.29 is 13.3 Å². The summed E-state index contributed by atoms with van der Waals surface area (Å²) in [5.74, 6) is 0.614. The highest BCUT2D eigenvalue weighted by atomic mass is 32.2. The molecule has 0 unspecified atom stereocenters. The minimum Gasteiger partial charge on any atom is -0.352 e. The lowest BCUT2D eigenvalue weighted by Gasteiger charge is -2.34. The van der Waals surface area contributed by atoms with Gasteiger partial charge >= 0.3 is 0 Å². The number of nitrogens with zero attached hydrogens (tertiary/aromatic N) is 8. The van der Waals surface area contributed by atoms with Crippen LogP contribution in [0.4, 0.5) is 11.5 Å². The second-order valence-corrected chi connectivity index (χ2v) is 8.78. The fourth-order valence-electron chi connectivity index (χ4n) is 3.48. The van der Waals surface area contributed by atoms with E-state index in [4.69, 9.17) is 0 Å². The summed E-state index contributed by atoms with van der Waals surface area (Å²) in [5.41, 5.74) is 1.42. The van der Waals surface area contributed by atoms with Gasteiger partial charge in [-0.2, -0.15) is 4.31 Å². The molecule has 158 valence electrons. The molecule has 1 aromatic carbocycles. The van der Waals surface area contributed by atoms with Gasteiger partial charge in [0.1, 0.15) is 6.33 Å². The number of sulfonamides is 1. The van der Waals surface area contributed by atoms with Crippen LogP contribution < -0.4 is 4.90 Å². The second-order valence-electron chi connectivity index (χ2n) is 6.87. The molecule has 1 saturated heterocycles. The molecule has 12 nitrogen and oxygen atoms in total. The Labute approximate surface area is 172 Å². The zero-order valence-corrected chi connectivity index (χ0v) is 17.3. The number of piperazine rings is 1. The highest BCUT2D eigenvalue weighted by Crippen LogP contribution is 2.27. The molecule has 1 fully saturated rings. The van der Waals surface area contributed by atoms with E-state index in [0.717, 1.165) is 6.07 Å². The van der Waals surface area contributed by atoms with Gasteiger partial charge in [0, 0.05) is 44.9 Å². The van der Waals surface area contributed by atoms with E-state index in [1.165, 1.54) is 22.8 Å². The molecule has 1 aliphatic rings. The van der Waals surface area contributed by atoms with Crippen LogP contribution in [-0.4, -0.2) is 68.8 Å². The molecule has 0 N–H and O–H groups in total. The van der Waals surface area contributed by atoms with Crippen LogP contribution in [0, 0.1) is 17.0 Å². The lowest BCUT2D eigenvalue weighted by molar-refractivity contribution is -0.385. The Morgan fingerprint density at radius 1 is 1.17 bits per heavy atom. The molecule has 1 aliphatic heterocycles. The molecule has 0 spiro atoms. The van der Waals surface area contributed by atoms with E-state index in [-0.39, 0.29) is 23.7 Å². The molecule has 2 aromatic heterocycles. The Balaban J connectivity index is 1.57. The number of aryl methyl sites for hydroxylation is 2. The minimum absolute atomic E-state index is 0.0412. The smallest absolute Gasteiger partial charge is 0.270 e. The molecule has 4 rings (SSSR count). The Morgan fingerprint density at radius 2 is 1.90 bits per heavy atom. The Bertz CT molecular complexity index is 1220. The van der Waals surface area contributed by atoms with Gasteiger partial charge in [0.25, 0.3) is 5.69 Å². The lowest BCUT2D eigenvalue weighted by Crippen LogP contribution is -2.49. The summed E-state index contributed by atoms with van der Waals surface area (Å²) in [6, 6.07) is 3.88. The number of anilines is 1. The van der Waals surface area contributed by atoms with Gasteiger partial charge in [-0.3, -0.25) is 10.1 Å².